The minimum atomic E-state index is -3.97. The molecule has 0 saturated heterocycles. The molecule has 1 aromatic heterocycles. The normalized spacial score (nSPS) is 13.2. The van der Waals surface area contributed by atoms with Gasteiger partial charge in [-0.15, -0.1) is 0 Å². The third kappa shape index (κ3) is 4.37. The van der Waals surface area contributed by atoms with Crippen molar-refractivity contribution in [2.24, 2.45) is 0 Å². The zero-order valence-electron chi connectivity index (χ0n) is 17.9. The van der Waals surface area contributed by atoms with Crippen LogP contribution in [0.4, 0.5) is 5.88 Å². The number of aliphatic hydroxyl groups excluding tert-OH is 1. The molecular formula is C22H24N2O7S. The lowest BCUT2D eigenvalue weighted by atomic mass is 9.87. The fourth-order valence-corrected chi connectivity index (χ4v) is 4.20. The average Bonchev–Trinajstić information content (AvgIpc) is 3.37. The molecule has 170 valence electrons. The molecule has 0 atom stereocenters. The Morgan fingerprint density at radius 3 is 2.50 bits per heavy atom. The monoisotopic (exact) mass is 460 g/mol. The van der Waals surface area contributed by atoms with Crippen LogP contribution in [-0.2, 0) is 15.4 Å². The van der Waals surface area contributed by atoms with Gasteiger partial charge < -0.3 is 23.8 Å². The second kappa shape index (κ2) is 8.36. The summed E-state index contributed by atoms with van der Waals surface area (Å²) in [5, 5.41) is 12.9. The summed E-state index contributed by atoms with van der Waals surface area (Å²) in [4.78, 5) is 0.0800. The number of aliphatic hydroxyl groups is 1. The molecule has 0 fully saturated rings. The SMILES string of the molecule is CC(C)(C)c1ccc(S(=O)(=O)Nc2onc(OCCO)c2-c2ccc3c(c2)OCO3)cc1. The van der Waals surface area contributed by atoms with Crippen LogP contribution in [-0.4, -0.2) is 38.7 Å². The van der Waals surface area contributed by atoms with Crippen LogP contribution in [0.2, 0.25) is 0 Å². The van der Waals surface area contributed by atoms with Crippen molar-refractivity contribution >= 4 is 15.9 Å². The van der Waals surface area contributed by atoms with E-state index in [0.29, 0.717) is 17.1 Å². The van der Waals surface area contributed by atoms with Crippen molar-refractivity contribution in [1.29, 1.82) is 0 Å². The number of ether oxygens (including phenoxy) is 3. The maximum absolute atomic E-state index is 13.0. The van der Waals surface area contributed by atoms with Gasteiger partial charge in [-0.05, 0) is 46.0 Å². The van der Waals surface area contributed by atoms with Gasteiger partial charge in [0, 0.05) is 0 Å². The van der Waals surface area contributed by atoms with Crippen molar-refractivity contribution in [3.05, 3.63) is 48.0 Å². The Balaban J connectivity index is 1.70. The van der Waals surface area contributed by atoms with E-state index in [2.05, 4.69) is 30.6 Å². The van der Waals surface area contributed by atoms with Crippen LogP contribution in [0.15, 0.2) is 51.9 Å². The lowest BCUT2D eigenvalue weighted by Crippen LogP contribution is -2.15. The Labute approximate surface area is 186 Å². The van der Waals surface area contributed by atoms with E-state index in [1.54, 1.807) is 42.5 Å². The number of nitrogens with one attached hydrogen (secondary N) is 1. The predicted octanol–water partition coefficient (Wildman–Crippen LogP) is 3.54. The first-order chi connectivity index (χ1) is 15.2. The largest absolute Gasteiger partial charge is 0.473 e. The molecule has 0 saturated carbocycles. The Morgan fingerprint density at radius 2 is 1.81 bits per heavy atom. The topological polar surface area (TPSA) is 120 Å². The van der Waals surface area contributed by atoms with Gasteiger partial charge in [0.15, 0.2) is 11.5 Å². The van der Waals surface area contributed by atoms with E-state index in [9.17, 15) is 8.42 Å². The predicted molar refractivity (Wildman–Crippen MR) is 117 cm³/mol. The lowest BCUT2D eigenvalue weighted by molar-refractivity contribution is 0.174. The molecule has 4 rings (SSSR count). The van der Waals surface area contributed by atoms with E-state index in [1.807, 2.05) is 0 Å². The molecule has 10 heteroatoms. The highest BCUT2D eigenvalue weighted by Gasteiger charge is 2.27. The molecule has 0 radical (unpaired) electrons. The average molecular weight is 461 g/mol. The van der Waals surface area contributed by atoms with Crippen LogP contribution >= 0.6 is 0 Å². The second-order valence-corrected chi connectivity index (χ2v) is 9.89. The summed E-state index contributed by atoms with van der Waals surface area (Å²) in [5.74, 6) is 1.00. The number of sulfonamides is 1. The summed E-state index contributed by atoms with van der Waals surface area (Å²) in [6, 6.07) is 11.7. The van der Waals surface area contributed by atoms with Crippen LogP contribution in [0.1, 0.15) is 26.3 Å². The minimum Gasteiger partial charge on any atom is -0.473 e. The second-order valence-electron chi connectivity index (χ2n) is 8.21. The van der Waals surface area contributed by atoms with Gasteiger partial charge >= 0.3 is 0 Å². The highest BCUT2D eigenvalue weighted by molar-refractivity contribution is 7.92. The number of fused-ring (bicyclic) bond motifs is 1. The van der Waals surface area contributed by atoms with Gasteiger partial charge in [-0.2, -0.15) is 0 Å². The third-order valence-electron chi connectivity index (χ3n) is 4.91. The Hall–Kier alpha value is -3.24. The Morgan fingerprint density at radius 1 is 1.09 bits per heavy atom. The molecule has 1 aliphatic heterocycles. The first kappa shape index (κ1) is 22.0. The van der Waals surface area contributed by atoms with E-state index < -0.39 is 10.0 Å². The molecule has 1 aliphatic rings. The number of rotatable bonds is 7. The van der Waals surface area contributed by atoms with Gasteiger partial charge in [-0.3, -0.25) is 0 Å². The molecule has 2 N–H and O–H groups in total. The van der Waals surface area contributed by atoms with Gasteiger partial charge in [0.1, 0.15) is 12.2 Å². The van der Waals surface area contributed by atoms with E-state index in [-0.39, 0.29) is 47.6 Å². The third-order valence-corrected chi connectivity index (χ3v) is 6.26. The Bertz CT molecular complexity index is 1210. The number of hydrogen-bond acceptors (Lipinski definition) is 8. The fraction of sp³-hybridized carbons (Fsp3) is 0.318. The highest BCUT2D eigenvalue weighted by atomic mass is 32.2. The molecular weight excluding hydrogens is 436 g/mol. The fourth-order valence-electron chi connectivity index (χ4n) is 3.21. The van der Waals surface area contributed by atoms with Crippen molar-refractivity contribution in [1.82, 2.24) is 5.16 Å². The molecule has 32 heavy (non-hydrogen) atoms. The molecule has 0 unspecified atom stereocenters. The van der Waals surface area contributed by atoms with Crippen LogP contribution < -0.4 is 18.9 Å². The number of nitrogens with zero attached hydrogens (tertiary/aromatic N) is 1. The number of anilines is 1. The Kier molecular flexibility index (Phi) is 5.74. The number of benzene rings is 2. The quantitative estimate of drug-likeness (QED) is 0.549. The number of hydrogen-bond donors (Lipinski definition) is 2. The molecule has 0 bridgehead atoms. The van der Waals surface area contributed by atoms with Crippen molar-refractivity contribution < 1.29 is 32.3 Å². The van der Waals surface area contributed by atoms with Gasteiger partial charge in [0.05, 0.1) is 11.5 Å². The van der Waals surface area contributed by atoms with Crippen molar-refractivity contribution in [3.8, 4) is 28.5 Å². The van der Waals surface area contributed by atoms with Crippen LogP contribution in [0, 0.1) is 0 Å². The maximum atomic E-state index is 13.0. The van der Waals surface area contributed by atoms with Crippen molar-refractivity contribution in [2.45, 2.75) is 31.1 Å². The maximum Gasteiger partial charge on any atom is 0.264 e. The molecule has 9 nitrogen and oxygen atoms in total. The zero-order valence-corrected chi connectivity index (χ0v) is 18.7. The van der Waals surface area contributed by atoms with E-state index in [4.69, 9.17) is 23.8 Å². The van der Waals surface area contributed by atoms with E-state index in [0.717, 1.165) is 5.56 Å². The van der Waals surface area contributed by atoms with Gasteiger partial charge in [0.2, 0.25) is 12.7 Å². The smallest absolute Gasteiger partial charge is 0.264 e. The van der Waals surface area contributed by atoms with Crippen LogP contribution in [0.3, 0.4) is 0 Å². The minimum absolute atomic E-state index is 0.0372. The van der Waals surface area contributed by atoms with Crippen molar-refractivity contribution in [2.75, 3.05) is 24.7 Å². The summed E-state index contributed by atoms with van der Waals surface area (Å²) in [7, 11) is -3.97. The summed E-state index contributed by atoms with van der Waals surface area (Å²) in [5.41, 5.74) is 1.74. The zero-order chi connectivity index (χ0) is 22.9. The first-order valence-corrected chi connectivity index (χ1v) is 11.4. The van der Waals surface area contributed by atoms with E-state index in [1.165, 1.54) is 0 Å². The summed E-state index contributed by atoms with van der Waals surface area (Å²) >= 11 is 0. The standard InChI is InChI=1S/C22H24N2O7S/c1-22(2,3)15-5-7-16(8-6-15)32(26,27)24-21-19(20(23-31-21)28-11-10-25)14-4-9-17-18(12-14)30-13-29-17/h4-9,12,24-25H,10-11,13H2,1-3H3. The first-order valence-electron chi connectivity index (χ1n) is 9.96. The summed E-state index contributed by atoms with van der Waals surface area (Å²) < 4.78 is 50.0. The van der Waals surface area contributed by atoms with Gasteiger partial charge in [0.25, 0.3) is 15.9 Å². The van der Waals surface area contributed by atoms with Crippen molar-refractivity contribution in [3.63, 3.8) is 0 Å². The molecule has 2 aromatic carbocycles. The summed E-state index contributed by atoms with van der Waals surface area (Å²) in [6.07, 6.45) is 0. The molecule has 2 heterocycles. The van der Waals surface area contributed by atoms with E-state index >= 15 is 0 Å². The van der Waals surface area contributed by atoms with Crippen LogP contribution in [0.5, 0.6) is 17.4 Å². The lowest BCUT2D eigenvalue weighted by Gasteiger charge is -2.19. The van der Waals surface area contributed by atoms with Gasteiger partial charge in [-0.25, -0.2) is 13.1 Å². The highest BCUT2D eigenvalue weighted by Crippen LogP contribution is 2.42. The van der Waals surface area contributed by atoms with Gasteiger partial charge in [-0.1, -0.05) is 39.0 Å². The number of aromatic nitrogens is 1. The molecule has 0 aliphatic carbocycles. The molecule has 0 amide bonds. The van der Waals surface area contributed by atoms with Crippen LogP contribution in [0.25, 0.3) is 11.1 Å². The molecule has 0 spiro atoms. The summed E-state index contributed by atoms with van der Waals surface area (Å²) in [6.45, 7) is 5.97. The molecule has 3 aromatic rings.